The molecule has 13 heteroatoms. The van der Waals surface area contributed by atoms with Crippen LogP contribution in [-0.2, 0) is 31.9 Å². The van der Waals surface area contributed by atoms with Crippen molar-refractivity contribution in [3.8, 4) is 5.75 Å². The van der Waals surface area contributed by atoms with E-state index in [9.17, 15) is 18.9 Å². The van der Waals surface area contributed by atoms with Gasteiger partial charge in [-0.3, -0.25) is 29.2 Å². The number of hydrazine groups is 1. The lowest BCUT2D eigenvalue weighted by Crippen LogP contribution is -2.75. The molecule has 2 fully saturated rings. The zero-order valence-electron chi connectivity index (χ0n) is 27.1. The van der Waals surface area contributed by atoms with E-state index in [2.05, 4.69) is 30.2 Å². The molecule has 248 valence electrons. The van der Waals surface area contributed by atoms with E-state index in [1.165, 1.54) is 48.6 Å². The normalized spacial score (nSPS) is 18.8. The highest BCUT2D eigenvalue weighted by molar-refractivity contribution is 7.46. The number of phosphoric ester groups is 1. The number of fused-ring (bicyclic) bond motifs is 2. The molecule has 0 radical (unpaired) electrons. The van der Waals surface area contributed by atoms with Crippen molar-refractivity contribution >= 4 is 36.3 Å². The molecule has 0 unspecified atom stereocenters. The number of carbonyl (C=O) groups is 3. The molecule has 2 heterocycles. The summed E-state index contributed by atoms with van der Waals surface area (Å²) in [6, 6.07) is 19.0. The highest BCUT2D eigenvalue weighted by Gasteiger charge is 2.50. The average Bonchev–Trinajstić information content (AvgIpc) is 3.00. The third-order valence-corrected chi connectivity index (χ3v) is 8.87. The maximum atomic E-state index is 14.0. The van der Waals surface area contributed by atoms with E-state index < -0.39 is 20.0 Å². The number of amides is 3. The van der Waals surface area contributed by atoms with Gasteiger partial charge in [-0.2, -0.15) is 0 Å². The number of hydrogen-bond acceptors (Lipinski definition) is 7. The monoisotopic (exact) mass is 653 g/mol. The number of phosphoric acid groups is 1. The van der Waals surface area contributed by atoms with Crippen LogP contribution in [0.2, 0.25) is 0 Å². The van der Waals surface area contributed by atoms with E-state index in [-0.39, 0.29) is 43.0 Å². The number of piperazine rings is 1. The minimum atomic E-state index is -4.71. The minimum Gasteiger partial charge on any atom is -0.404 e. The fourth-order valence-corrected chi connectivity index (χ4v) is 6.56. The smallest absolute Gasteiger partial charge is 0.404 e. The summed E-state index contributed by atoms with van der Waals surface area (Å²) in [5.74, 6) is -0.756. The first kappa shape index (κ1) is 35.1. The van der Waals surface area contributed by atoms with Gasteiger partial charge in [0.2, 0.25) is 17.7 Å². The van der Waals surface area contributed by atoms with Crippen molar-refractivity contribution in [1.29, 1.82) is 0 Å². The second-order valence-electron chi connectivity index (χ2n) is 11.4. The van der Waals surface area contributed by atoms with Gasteiger partial charge < -0.3 is 19.2 Å². The van der Waals surface area contributed by atoms with Gasteiger partial charge in [0.1, 0.15) is 18.0 Å². The van der Waals surface area contributed by atoms with E-state index in [1.807, 2.05) is 42.5 Å². The van der Waals surface area contributed by atoms with E-state index in [0.29, 0.717) is 12.1 Å². The van der Waals surface area contributed by atoms with Crippen molar-refractivity contribution in [3.05, 3.63) is 77.9 Å². The molecule has 0 aliphatic carbocycles. The summed E-state index contributed by atoms with van der Waals surface area (Å²) in [5.41, 5.74) is 1.62. The van der Waals surface area contributed by atoms with Crippen LogP contribution in [0.3, 0.4) is 0 Å². The van der Waals surface area contributed by atoms with Crippen molar-refractivity contribution in [2.24, 2.45) is 0 Å². The molecular formula is C33H44N5O7P. The standard InChI is InChI=1S/C27H29N4O7P.C6H15N/c1-18(32)31-25-16-29(15-21-8-5-7-20-6-3-4-9-23(20)21)27(34)24(30(25)26(33)17-28(31)2)14-19-10-12-22(13-11-19)38-39(35,36)37;1-4-7(5-2)6-3/h3-13,24-25H,14-17H2,1-2H3,(H2,35,36,37);4-6H2,1-3H3/t24-,25-;/m0./s1. The van der Waals surface area contributed by atoms with Gasteiger partial charge in [-0.15, -0.1) is 0 Å². The number of likely N-dealkylation sites (N-methyl/N-ethyl adjacent to an activating group) is 1. The number of carbonyl (C=O) groups excluding carboxylic acids is 3. The first-order valence-corrected chi connectivity index (χ1v) is 17.0. The summed E-state index contributed by atoms with van der Waals surface area (Å²) in [6.07, 6.45) is -0.526. The largest absolute Gasteiger partial charge is 0.524 e. The lowest BCUT2D eigenvalue weighted by atomic mass is 9.97. The Balaban J connectivity index is 0.000000617. The fourth-order valence-electron chi connectivity index (χ4n) is 6.16. The van der Waals surface area contributed by atoms with E-state index >= 15 is 0 Å². The first-order chi connectivity index (χ1) is 21.9. The van der Waals surface area contributed by atoms with Crippen LogP contribution in [0.25, 0.3) is 10.8 Å². The molecule has 5 rings (SSSR count). The second-order valence-corrected chi connectivity index (χ2v) is 12.5. The molecule has 0 aromatic heterocycles. The van der Waals surface area contributed by atoms with Crippen molar-refractivity contribution in [2.75, 3.05) is 39.8 Å². The Kier molecular flexibility index (Phi) is 11.6. The van der Waals surface area contributed by atoms with E-state index in [1.54, 1.807) is 29.1 Å². The molecule has 3 amide bonds. The molecule has 2 saturated heterocycles. The summed E-state index contributed by atoms with van der Waals surface area (Å²) >= 11 is 0. The Morgan fingerprint density at radius 2 is 1.59 bits per heavy atom. The predicted octanol–water partition coefficient (Wildman–Crippen LogP) is 3.48. The predicted molar refractivity (Wildman–Crippen MR) is 175 cm³/mol. The summed E-state index contributed by atoms with van der Waals surface area (Å²) in [5, 5.41) is 5.18. The summed E-state index contributed by atoms with van der Waals surface area (Å²) < 4.78 is 15.8. The Morgan fingerprint density at radius 3 is 2.17 bits per heavy atom. The Bertz CT molecular complexity index is 1570. The number of benzene rings is 3. The Morgan fingerprint density at radius 1 is 0.957 bits per heavy atom. The van der Waals surface area contributed by atoms with Crippen LogP contribution in [-0.4, -0.2) is 104 Å². The van der Waals surface area contributed by atoms with Gasteiger partial charge in [0, 0.05) is 26.9 Å². The maximum absolute atomic E-state index is 14.0. The van der Waals surface area contributed by atoms with Crippen molar-refractivity contribution in [3.63, 3.8) is 0 Å². The molecule has 46 heavy (non-hydrogen) atoms. The topological polar surface area (TPSA) is 134 Å². The molecule has 2 atom stereocenters. The van der Waals surface area contributed by atoms with Crippen LogP contribution < -0.4 is 4.52 Å². The molecule has 0 spiro atoms. The molecule has 12 nitrogen and oxygen atoms in total. The van der Waals surface area contributed by atoms with Crippen LogP contribution in [0.15, 0.2) is 66.7 Å². The number of hydrogen-bond donors (Lipinski definition) is 2. The number of nitrogens with zero attached hydrogens (tertiary/aromatic N) is 5. The second kappa shape index (κ2) is 15.2. The summed E-state index contributed by atoms with van der Waals surface area (Å²) in [7, 11) is -3.04. The van der Waals surface area contributed by atoms with Crippen molar-refractivity contribution in [2.45, 2.75) is 52.9 Å². The molecule has 0 saturated carbocycles. The Labute approximate surface area is 270 Å². The fraction of sp³-hybridized carbons (Fsp3) is 0.424. The molecule has 0 bridgehead atoms. The van der Waals surface area contributed by atoms with E-state index in [4.69, 9.17) is 9.79 Å². The minimum absolute atomic E-state index is 0.0176. The average molecular weight is 654 g/mol. The summed E-state index contributed by atoms with van der Waals surface area (Å²) in [6.45, 7) is 12.0. The third kappa shape index (κ3) is 8.31. The van der Waals surface area contributed by atoms with E-state index in [0.717, 1.165) is 16.3 Å². The first-order valence-electron chi connectivity index (χ1n) is 15.5. The lowest BCUT2D eigenvalue weighted by Gasteiger charge is -2.54. The van der Waals surface area contributed by atoms with Crippen LogP contribution in [0.4, 0.5) is 0 Å². The highest BCUT2D eigenvalue weighted by Crippen LogP contribution is 2.37. The van der Waals surface area contributed by atoms with Crippen molar-refractivity contribution in [1.82, 2.24) is 24.7 Å². The molecule has 2 aliphatic rings. The Hall–Kier alpha value is -3.80. The van der Waals surface area contributed by atoms with Gasteiger partial charge in [-0.05, 0) is 53.7 Å². The van der Waals surface area contributed by atoms with Gasteiger partial charge >= 0.3 is 7.82 Å². The molecule has 2 aliphatic heterocycles. The van der Waals surface area contributed by atoms with Crippen LogP contribution in [0.1, 0.15) is 38.8 Å². The lowest BCUT2D eigenvalue weighted by molar-refractivity contribution is -0.201. The SMILES string of the molecule is CC(=O)N1[C@H]2CN(Cc3cccc4ccccc34)C(=O)[C@H](Cc3ccc(OP(=O)(O)O)cc3)N2C(=O)CN1C.CCN(CC)CC. The van der Waals surface area contributed by atoms with Crippen LogP contribution >= 0.6 is 7.82 Å². The van der Waals surface area contributed by atoms with Crippen LogP contribution in [0, 0.1) is 0 Å². The molecule has 3 aromatic carbocycles. The molecule has 2 N–H and O–H groups in total. The van der Waals surface area contributed by atoms with Crippen LogP contribution in [0.5, 0.6) is 5.75 Å². The van der Waals surface area contributed by atoms with Gasteiger partial charge in [-0.25, -0.2) is 9.57 Å². The van der Waals surface area contributed by atoms with Gasteiger partial charge in [0.15, 0.2) is 0 Å². The number of rotatable bonds is 9. The quantitative estimate of drug-likeness (QED) is 0.333. The zero-order valence-corrected chi connectivity index (χ0v) is 28.0. The highest BCUT2D eigenvalue weighted by atomic mass is 31.2. The van der Waals surface area contributed by atoms with Gasteiger partial charge in [0.05, 0.1) is 13.1 Å². The van der Waals surface area contributed by atoms with Crippen molar-refractivity contribution < 1.29 is 33.3 Å². The molecule has 3 aromatic rings. The maximum Gasteiger partial charge on any atom is 0.524 e. The van der Waals surface area contributed by atoms with Gasteiger partial charge in [-0.1, -0.05) is 75.4 Å². The molecular weight excluding hydrogens is 609 g/mol. The van der Waals surface area contributed by atoms with Gasteiger partial charge in [0.25, 0.3) is 0 Å². The third-order valence-electron chi connectivity index (χ3n) is 8.42. The zero-order chi connectivity index (χ0) is 33.6. The summed E-state index contributed by atoms with van der Waals surface area (Å²) in [4.78, 5) is 63.6.